The van der Waals surface area contributed by atoms with Gasteiger partial charge in [-0.15, -0.1) is 0 Å². The predicted molar refractivity (Wildman–Crippen MR) is 56.8 cm³/mol. The third-order valence-corrected chi connectivity index (χ3v) is 2.23. The normalized spacial score (nSPS) is 9.86. The number of para-hydroxylation sites is 1. The van der Waals surface area contributed by atoms with Gasteiger partial charge >= 0.3 is 6.09 Å². The number of amides is 1. The Labute approximate surface area is 83.8 Å². The summed E-state index contributed by atoms with van der Waals surface area (Å²) in [5, 5.41) is 11.2. The van der Waals surface area contributed by atoms with Crippen molar-refractivity contribution in [3.8, 4) is 0 Å². The van der Waals surface area contributed by atoms with E-state index in [1.54, 1.807) is 0 Å². The monoisotopic (exact) mass is 193 g/mol. The molecule has 0 heterocycles. The van der Waals surface area contributed by atoms with Crippen LogP contribution >= 0.6 is 0 Å². The summed E-state index contributed by atoms with van der Waals surface area (Å²) in [7, 11) is 0. The van der Waals surface area contributed by atoms with E-state index < -0.39 is 6.09 Å². The van der Waals surface area contributed by atoms with Crippen molar-refractivity contribution < 1.29 is 9.90 Å². The fourth-order valence-electron chi connectivity index (χ4n) is 1.51. The Morgan fingerprint density at radius 2 is 1.79 bits per heavy atom. The zero-order valence-electron chi connectivity index (χ0n) is 8.50. The average Bonchev–Trinajstić information content (AvgIpc) is 2.17. The van der Waals surface area contributed by atoms with Crippen molar-refractivity contribution in [2.75, 3.05) is 5.32 Å². The highest BCUT2D eigenvalue weighted by molar-refractivity contribution is 5.85. The smallest absolute Gasteiger partial charge is 0.409 e. The molecule has 0 spiro atoms. The van der Waals surface area contributed by atoms with Crippen molar-refractivity contribution in [1.82, 2.24) is 0 Å². The lowest BCUT2D eigenvalue weighted by molar-refractivity contribution is 0.209. The number of anilines is 1. The first-order valence-electron chi connectivity index (χ1n) is 4.79. The van der Waals surface area contributed by atoms with Crippen LogP contribution in [0.25, 0.3) is 0 Å². The molecular weight excluding hydrogens is 178 g/mol. The van der Waals surface area contributed by atoms with Gasteiger partial charge in [0.05, 0.1) is 5.69 Å². The Bertz CT molecular complexity index is 312. The fraction of sp³-hybridized carbons (Fsp3) is 0.364. The summed E-state index contributed by atoms with van der Waals surface area (Å²) in [6.45, 7) is 4.03. The van der Waals surface area contributed by atoms with Gasteiger partial charge in [-0.1, -0.05) is 32.0 Å². The van der Waals surface area contributed by atoms with Gasteiger partial charge in [-0.25, -0.2) is 4.79 Å². The van der Waals surface area contributed by atoms with E-state index in [4.69, 9.17) is 5.11 Å². The molecule has 0 aliphatic carbocycles. The minimum Gasteiger partial charge on any atom is -0.465 e. The third-order valence-electron chi connectivity index (χ3n) is 2.23. The van der Waals surface area contributed by atoms with Gasteiger partial charge in [0.1, 0.15) is 0 Å². The number of carboxylic acid groups (broad SMARTS) is 1. The summed E-state index contributed by atoms with van der Waals surface area (Å²) in [6, 6.07) is 5.86. The summed E-state index contributed by atoms with van der Waals surface area (Å²) in [5.41, 5.74) is 2.85. The van der Waals surface area contributed by atoms with Crippen molar-refractivity contribution in [2.45, 2.75) is 26.7 Å². The minimum absolute atomic E-state index is 0.755. The largest absolute Gasteiger partial charge is 0.465 e. The van der Waals surface area contributed by atoms with E-state index in [1.165, 1.54) is 0 Å². The summed E-state index contributed by atoms with van der Waals surface area (Å²) in [5.74, 6) is 0. The molecule has 1 amide bonds. The van der Waals surface area contributed by atoms with Crippen LogP contribution in [-0.2, 0) is 12.8 Å². The van der Waals surface area contributed by atoms with E-state index >= 15 is 0 Å². The average molecular weight is 193 g/mol. The fourth-order valence-corrected chi connectivity index (χ4v) is 1.51. The Balaban J connectivity index is 3.12. The molecule has 14 heavy (non-hydrogen) atoms. The zero-order chi connectivity index (χ0) is 10.6. The first kappa shape index (κ1) is 10.6. The van der Waals surface area contributed by atoms with Crippen molar-refractivity contribution in [3.05, 3.63) is 29.3 Å². The van der Waals surface area contributed by atoms with Crippen molar-refractivity contribution in [2.24, 2.45) is 0 Å². The molecule has 1 aromatic carbocycles. The van der Waals surface area contributed by atoms with E-state index in [2.05, 4.69) is 5.32 Å². The number of hydrogen-bond acceptors (Lipinski definition) is 1. The molecule has 0 saturated carbocycles. The molecule has 0 fully saturated rings. The van der Waals surface area contributed by atoms with Crippen LogP contribution in [-0.4, -0.2) is 11.2 Å². The second kappa shape index (κ2) is 4.65. The zero-order valence-corrected chi connectivity index (χ0v) is 8.50. The van der Waals surface area contributed by atoms with Gasteiger partial charge in [-0.2, -0.15) is 0 Å². The maximum atomic E-state index is 10.6. The summed E-state index contributed by atoms with van der Waals surface area (Å²) in [6.07, 6.45) is 0.674. The lowest BCUT2D eigenvalue weighted by atomic mass is 10.0. The first-order chi connectivity index (χ1) is 6.69. The Morgan fingerprint density at radius 1 is 1.29 bits per heavy atom. The van der Waals surface area contributed by atoms with Gasteiger partial charge in [-0.3, -0.25) is 5.32 Å². The second-order valence-electron chi connectivity index (χ2n) is 3.09. The van der Waals surface area contributed by atoms with E-state index in [9.17, 15) is 4.79 Å². The standard InChI is InChI=1S/C11H15NO2/c1-3-8-6-5-7-9(4-2)10(8)12-11(13)14/h5-7,12H,3-4H2,1-2H3,(H,13,14). The van der Waals surface area contributed by atoms with Crippen molar-refractivity contribution in [3.63, 3.8) is 0 Å². The van der Waals surface area contributed by atoms with Gasteiger partial charge in [0, 0.05) is 0 Å². The molecular formula is C11H15NO2. The second-order valence-corrected chi connectivity index (χ2v) is 3.09. The van der Waals surface area contributed by atoms with E-state index in [1.807, 2.05) is 32.0 Å². The molecule has 76 valence electrons. The number of aryl methyl sites for hydroxylation is 2. The molecule has 3 nitrogen and oxygen atoms in total. The SMILES string of the molecule is CCc1cccc(CC)c1NC(=O)O. The number of hydrogen-bond donors (Lipinski definition) is 2. The molecule has 0 unspecified atom stereocenters. The topological polar surface area (TPSA) is 49.3 Å². The summed E-state index contributed by atoms with van der Waals surface area (Å²) < 4.78 is 0. The molecule has 0 saturated heterocycles. The van der Waals surface area contributed by atoms with E-state index in [-0.39, 0.29) is 0 Å². The number of carbonyl (C=O) groups is 1. The summed E-state index contributed by atoms with van der Waals surface area (Å²) in [4.78, 5) is 10.6. The maximum absolute atomic E-state index is 10.6. The molecule has 3 heteroatoms. The molecule has 1 rings (SSSR count). The van der Waals surface area contributed by atoms with Crippen LogP contribution in [0.4, 0.5) is 10.5 Å². The molecule has 0 bridgehead atoms. The van der Waals surface area contributed by atoms with Crippen LogP contribution in [0.1, 0.15) is 25.0 Å². The third kappa shape index (κ3) is 2.25. The number of benzene rings is 1. The van der Waals surface area contributed by atoms with Gasteiger partial charge in [0.25, 0.3) is 0 Å². The number of nitrogens with one attached hydrogen (secondary N) is 1. The van der Waals surface area contributed by atoms with Crippen LogP contribution in [0, 0.1) is 0 Å². The Kier molecular flexibility index (Phi) is 3.51. The van der Waals surface area contributed by atoms with Crippen LogP contribution < -0.4 is 5.32 Å². The lowest BCUT2D eigenvalue weighted by Gasteiger charge is -2.11. The molecule has 0 radical (unpaired) electrons. The van der Waals surface area contributed by atoms with Gasteiger partial charge in [0.2, 0.25) is 0 Å². The van der Waals surface area contributed by atoms with Crippen LogP contribution in [0.2, 0.25) is 0 Å². The quantitative estimate of drug-likeness (QED) is 0.775. The maximum Gasteiger partial charge on any atom is 0.409 e. The lowest BCUT2D eigenvalue weighted by Crippen LogP contribution is -2.11. The first-order valence-corrected chi connectivity index (χ1v) is 4.79. The molecule has 0 aliphatic heterocycles. The van der Waals surface area contributed by atoms with Gasteiger partial charge < -0.3 is 5.11 Å². The minimum atomic E-state index is -0.999. The summed E-state index contributed by atoms with van der Waals surface area (Å²) >= 11 is 0. The number of rotatable bonds is 3. The molecule has 0 aromatic heterocycles. The van der Waals surface area contributed by atoms with Crippen LogP contribution in [0.5, 0.6) is 0 Å². The predicted octanol–water partition coefficient (Wildman–Crippen LogP) is 2.90. The molecule has 2 N–H and O–H groups in total. The van der Waals surface area contributed by atoms with Crippen LogP contribution in [0.15, 0.2) is 18.2 Å². The van der Waals surface area contributed by atoms with Crippen molar-refractivity contribution in [1.29, 1.82) is 0 Å². The Hall–Kier alpha value is -1.51. The van der Waals surface area contributed by atoms with Gasteiger partial charge in [-0.05, 0) is 24.0 Å². The molecule has 1 aromatic rings. The highest BCUT2D eigenvalue weighted by atomic mass is 16.4. The highest BCUT2D eigenvalue weighted by Crippen LogP contribution is 2.22. The highest BCUT2D eigenvalue weighted by Gasteiger charge is 2.07. The molecule has 0 atom stereocenters. The Morgan fingerprint density at radius 3 is 2.14 bits per heavy atom. The van der Waals surface area contributed by atoms with Crippen molar-refractivity contribution >= 4 is 11.8 Å². The van der Waals surface area contributed by atoms with E-state index in [0.717, 1.165) is 29.7 Å². The van der Waals surface area contributed by atoms with E-state index in [0.29, 0.717) is 0 Å². The van der Waals surface area contributed by atoms with Crippen LogP contribution in [0.3, 0.4) is 0 Å². The van der Waals surface area contributed by atoms with Gasteiger partial charge in [0.15, 0.2) is 0 Å². The molecule has 0 aliphatic rings.